The summed E-state index contributed by atoms with van der Waals surface area (Å²) in [6.45, 7) is 6.49. The molecule has 3 rings (SSSR count). The Balaban J connectivity index is 1.75. The maximum absolute atomic E-state index is 12.9. The molecule has 28 heavy (non-hydrogen) atoms. The molecule has 0 bridgehead atoms. The second-order valence-corrected chi connectivity index (χ2v) is 7.32. The average molecular weight is 395 g/mol. The van der Waals surface area contributed by atoms with E-state index in [1.165, 1.54) is 6.20 Å². The minimum atomic E-state index is -0.142. The Morgan fingerprint density at radius 3 is 2.50 bits per heavy atom. The monoisotopic (exact) mass is 394 g/mol. The van der Waals surface area contributed by atoms with Crippen LogP contribution in [0.25, 0.3) is 0 Å². The fraction of sp³-hybridized carbons (Fsp3) is 0.227. The van der Waals surface area contributed by atoms with Crippen molar-refractivity contribution in [2.75, 3.05) is 5.32 Å². The lowest BCUT2D eigenvalue weighted by Crippen LogP contribution is -2.36. The Morgan fingerprint density at radius 2 is 1.86 bits per heavy atom. The Bertz CT molecular complexity index is 943. The van der Waals surface area contributed by atoms with Gasteiger partial charge >= 0.3 is 0 Å². The van der Waals surface area contributed by atoms with E-state index in [2.05, 4.69) is 15.3 Å². The summed E-state index contributed by atoms with van der Waals surface area (Å²) >= 11 is 6.05. The van der Waals surface area contributed by atoms with Gasteiger partial charge in [-0.15, -0.1) is 0 Å². The Morgan fingerprint density at radius 1 is 1.11 bits per heavy atom. The molecule has 0 aliphatic rings. The number of halogens is 1. The van der Waals surface area contributed by atoms with Gasteiger partial charge < -0.3 is 10.2 Å². The standard InChI is InChI=1S/C22H23ClN4O/c1-15(2)27(14-17-7-5-4-6-8-17)22(28)20-12-25-21(13-24-20)26-19-11-18(23)10-9-16(19)3/h4-13,15H,14H2,1-3H3,(H,25,26). The maximum atomic E-state index is 12.9. The number of carbonyl (C=O) groups excluding carboxylic acids is 1. The summed E-state index contributed by atoms with van der Waals surface area (Å²) < 4.78 is 0. The number of nitrogens with zero attached hydrogens (tertiary/aromatic N) is 3. The highest BCUT2D eigenvalue weighted by molar-refractivity contribution is 6.30. The van der Waals surface area contributed by atoms with Crippen LogP contribution in [0.1, 0.15) is 35.5 Å². The van der Waals surface area contributed by atoms with Crippen LogP contribution in [0.4, 0.5) is 11.5 Å². The van der Waals surface area contributed by atoms with Gasteiger partial charge in [0.05, 0.1) is 12.4 Å². The molecule has 1 N–H and O–H groups in total. The molecular weight excluding hydrogens is 372 g/mol. The van der Waals surface area contributed by atoms with Gasteiger partial charge in [0, 0.05) is 23.3 Å². The first-order valence-corrected chi connectivity index (χ1v) is 9.52. The summed E-state index contributed by atoms with van der Waals surface area (Å²) in [5.74, 6) is 0.415. The molecule has 0 aliphatic carbocycles. The van der Waals surface area contributed by atoms with Crippen LogP contribution in [-0.2, 0) is 6.54 Å². The van der Waals surface area contributed by atoms with Crippen LogP contribution in [0.3, 0.4) is 0 Å². The number of aryl methyl sites for hydroxylation is 1. The normalized spacial score (nSPS) is 10.8. The SMILES string of the molecule is Cc1ccc(Cl)cc1Nc1cnc(C(=O)N(Cc2ccccc2)C(C)C)cn1. The van der Waals surface area contributed by atoms with Crippen molar-refractivity contribution in [3.8, 4) is 0 Å². The lowest BCUT2D eigenvalue weighted by molar-refractivity contribution is 0.0684. The predicted octanol–water partition coefficient (Wildman–Crippen LogP) is 5.23. The molecule has 1 heterocycles. The van der Waals surface area contributed by atoms with Crippen molar-refractivity contribution in [1.82, 2.24) is 14.9 Å². The number of benzene rings is 2. The summed E-state index contributed by atoms with van der Waals surface area (Å²) in [5.41, 5.74) is 3.29. The van der Waals surface area contributed by atoms with Gasteiger partial charge in [0.25, 0.3) is 5.91 Å². The van der Waals surface area contributed by atoms with Crippen molar-refractivity contribution in [3.05, 3.63) is 82.8 Å². The highest BCUT2D eigenvalue weighted by Crippen LogP contribution is 2.23. The minimum absolute atomic E-state index is 0.0430. The largest absolute Gasteiger partial charge is 0.339 e. The summed E-state index contributed by atoms with van der Waals surface area (Å²) in [7, 11) is 0. The van der Waals surface area contributed by atoms with Crippen LogP contribution in [-0.4, -0.2) is 26.8 Å². The van der Waals surface area contributed by atoms with Gasteiger partial charge in [-0.1, -0.05) is 48.0 Å². The topological polar surface area (TPSA) is 58.1 Å². The van der Waals surface area contributed by atoms with E-state index < -0.39 is 0 Å². The molecule has 0 spiro atoms. The van der Waals surface area contributed by atoms with E-state index in [4.69, 9.17) is 11.6 Å². The first-order chi connectivity index (χ1) is 13.4. The van der Waals surface area contributed by atoms with E-state index in [0.29, 0.717) is 23.1 Å². The molecule has 0 unspecified atom stereocenters. The molecule has 0 atom stereocenters. The van der Waals surface area contributed by atoms with E-state index in [0.717, 1.165) is 16.8 Å². The van der Waals surface area contributed by atoms with Crippen molar-refractivity contribution in [3.63, 3.8) is 0 Å². The van der Waals surface area contributed by atoms with E-state index in [-0.39, 0.29) is 11.9 Å². The Hall–Kier alpha value is -2.92. The molecule has 3 aromatic rings. The average Bonchev–Trinajstić information content (AvgIpc) is 2.69. The predicted molar refractivity (Wildman–Crippen MR) is 113 cm³/mol. The fourth-order valence-corrected chi connectivity index (χ4v) is 2.96. The molecule has 0 saturated carbocycles. The molecule has 0 saturated heterocycles. The van der Waals surface area contributed by atoms with Gasteiger partial charge in [0.1, 0.15) is 11.5 Å². The highest BCUT2D eigenvalue weighted by Gasteiger charge is 2.20. The van der Waals surface area contributed by atoms with Crippen LogP contribution < -0.4 is 5.32 Å². The van der Waals surface area contributed by atoms with E-state index in [1.807, 2.05) is 69.3 Å². The highest BCUT2D eigenvalue weighted by atomic mass is 35.5. The fourth-order valence-electron chi connectivity index (χ4n) is 2.79. The van der Waals surface area contributed by atoms with Crippen LogP contribution in [0.15, 0.2) is 60.9 Å². The first-order valence-electron chi connectivity index (χ1n) is 9.14. The lowest BCUT2D eigenvalue weighted by atomic mass is 10.2. The Labute approximate surface area is 170 Å². The number of hydrogen-bond acceptors (Lipinski definition) is 4. The number of amides is 1. The third-order valence-electron chi connectivity index (χ3n) is 4.41. The van der Waals surface area contributed by atoms with Crippen LogP contribution in [0.2, 0.25) is 5.02 Å². The van der Waals surface area contributed by atoms with E-state index in [1.54, 1.807) is 11.1 Å². The summed E-state index contributed by atoms with van der Waals surface area (Å²) in [5, 5.41) is 3.83. The molecule has 0 radical (unpaired) electrons. The van der Waals surface area contributed by atoms with Gasteiger partial charge in [-0.3, -0.25) is 4.79 Å². The van der Waals surface area contributed by atoms with Crippen molar-refractivity contribution in [2.45, 2.75) is 33.4 Å². The van der Waals surface area contributed by atoms with Crippen molar-refractivity contribution < 1.29 is 4.79 Å². The number of aromatic nitrogens is 2. The number of hydrogen-bond donors (Lipinski definition) is 1. The quantitative estimate of drug-likeness (QED) is 0.621. The molecule has 0 aliphatic heterocycles. The molecule has 144 valence electrons. The third-order valence-corrected chi connectivity index (χ3v) is 4.65. The zero-order valence-corrected chi connectivity index (χ0v) is 16.9. The molecule has 6 heteroatoms. The number of anilines is 2. The molecular formula is C22H23ClN4O. The third kappa shape index (κ3) is 4.87. The van der Waals surface area contributed by atoms with Crippen molar-refractivity contribution >= 4 is 29.0 Å². The lowest BCUT2D eigenvalue weighted by Gasteiger charge is -2.26. The number of nitrogens with one attached hydrogen (secondary N) is 1. The zero-order chi connectivity index (χ0) is 20.1. The van der Waals surface area contributed by atoms with Gasteiger partial charge in [-0.2, -0.15) is 0 Å². The van der Waals surface area contributed by atoms with Gasteiger partial charge in [-0.25, -0.2) is 9.97 Å². The second-order valence-electron chi connectivity index (χ2n) is 6.88. The maximum Gasteiger partial charge on any atom is 0.274 e. The summed E-state index contributed by atoms with van der Waals surface area (Å²) in [6.07, 6.45) is 3.07. The van der Waals surface area contributed by atoms with Crippen molar-refractivity contribution in [2.24, 2.45) is 0 Å². The minimum Gasteiger partial charge on any atom is -0.339 e. The smallest absolute Gasteiger partial charge is 0.274 e. The van der Waals surface area contributed by atoms with Crippen LogP contribution in [0.5, 0.6) is 0 Å². The molecule has 1 amide bonds. The molecule has 1 aromatic heterocycles. The van der Waals surface area contributed by atoms with Crippen LogP contribution in [0, 0.1) is 6.92 Å². The second kappa shape index (κ2) is 8.85. The first kappa shape index (κ1) is 19.8. The summed E-state index contributed by atoms with van der Waals surface area (Å²) in [6, 6.07) is 15.6. The van der Waals surface area contributed by atoms with Crippen LogP contribution >= 0.6 is 11.6 Å². The van der Waals surface area contributed by atoms with E-state index in [9.17, 15) is 4.79 Å². The van der Waals surface area contributed by atoms with Gasteiger partial charge in [-0.05, 0) is 44.0 Å². The molecule has 5 nitrogen and oxygen atoms in total. The molecule has 0 fully saturated rings. The van der Waals surface area contributed by atoms with Gasteiger partial charge in [0.2, 0.25) is 0 Å². The Kier molecular flexibility index (Phi) is 6.26. The number of rotatable bonds is 6. The van der Waals surface area contributed by atoms with Gasteiger partial charge in [0.15, 0.2) is 0 Å². The number of carbonyl (C=O) groups is 1. The van der Waals surface area contributed by atoms with E-state index >= 15 is 0 Å². The zero-order valence-electron chi connectivity index (χ0n) is 16.2. The molecule has 2 aromatic carbocycles. The summed E-state index contributed by atoms with van der Waals surface area (Å²) in [4.78, 5) is 23.4. The van der Waals surface area contributed by atoms with Crippen molar-refractivity contribution in [1.29, 1.82) is 0 Å².